The first kappa shape index (κ1) is 21.3. The predicted octanol–water partition coefficient (Wildman–Crippen LogP) is 4.05. The van der Waals surface area contributed by atoms with Crippen molar-refractivity contribution in [2.24, 2.45) is 0 Å². The summed E-state index contributed by atoms with van der Waals surface area (Å²) >= 11 is 0. The number of hydrogen-bond acceptors (Lipinski definition) is 6. The molecule has 174 valence electrons. The van der Waals surface area contributed by atoms with Crippen molar-refractivity contribution in [1.29, 1.82) is 5.26 Å². The minimum Gasteiger partial charge on any atom is -0.324 e. The molecule has 1 aliphatic carbocycles. The van der Waals surface area contributed by atoms with E-state index < -0.39 is 10.0 Å². The largest absolute Gasteiger partial charge is 0.324 e. The van der Waals surface area contributed by atoms with E-state index in [0.29, 0.717) is 24.0 Å². The number of hydrogen-bond donors (Lipinski definition) is 0. The molecule has 0 N–H and O–H groups in total. The topological polar surface area (TPSA) is 96.8 Å². The number of imidazole rings is 1. The summed E-state index contributed by atoms with van der Waals surface area (Å²) < 4.78 is 30.4. The smallest absolute Gasteiger partial charge is 0.269 e. The fourth-order valence-electron chi connectivity index (χ4n) is 5.17. The summed E-state index contributed by atoms with van der Waals surface area (Å²) in [6.45, 7) is 2.72. The molecule has 1 saturated carbocycles. The number of likely N-dealkylation sites (tertiary alicyclic amines) is 1. The van der Waals surface area contributed by atoms with E-state index in [0.717, 1.165) is 67.6 Å². The van der Waals surface area contributed by atoms with E-state index in [2.05, 4.69) is 20.5 Å². The molecule has 6 rings (SSSR count). The third-order valence-electron chi connectivity index (χ3n) is 7.06. The Morgan fingerprint density at radius 2 is 1.82 bits per heavy atom. The molecule has 0 amide bonds. The summed E-state index contributed by atoms with van der Waals surface area (Å²) in [6, 6.07) is 12.9. The maximum absolute atomic E-state index is 13.3. The van der Waals surface area contributed by atoms with E-state index in [1.165, 1.54) is 3.97 Å². The Kier molecular flexibility index (Phi) is 5.15. The molecule has 9 heteroatoms. The maximum Gasteiger partial charge on any atom is 0.269 e. The number of benzene rings is 1. The van der Waals surface area contributed by atoms with Gasteiger partial charge in [0.05, 0.1) is 22.7 Å². The third-order valence-corrected chi connectivity index (χ3v) is 8.74. The van der Waals surface area contributed by atoms with Gasteiger partial charge >= 0.3 is 0 Å². The zero-order chi connectivity index (χ0) is 23.3. The highest BCUT2D eigenvalue weighted by Crippen LogP contribution is 2.44. The lowest BCUT2D eigenvalue weighted by molar-refractivity contribution is 0.190. The number of nitrogens with zero attached hydrogens (tertiary/aromatic N) is 6. The predicted molar refractivity (Wildman–Crippen MR) is 129 cm³/mol. The molecule has 2 aliphatic rings. The maximum atomic E-state index is 13.3. The van der Waals surface area contributed by atoms with Crippen LogP contribution in [0.2, 0.25) is 0 Å². The zero-order valence-electron chi connectivity index (χ0n) is 18.8. The zero-order valence-corrected chi connectivity index (χ0v) is 19.7. The average Bonchev–Trinajstić information content (AvgIpc) is 3.49. The summed E-state index contributed by atoms with van der Waals surface area (Å²) in [5, 5.41) is 9.74. The number of pyridine rings is 1. The van der Waals surface area contributed by atoms with E-state index in [1.54, 1.807) is 42.7 Å². The van der Waals surface area contributed by atoms with Gasteiger partial charge in [0.15, 0.2) is 5.65 Å². The normalized spacial score (nSPS) is 18.0. The van der Waals surface area contributed by atoms with Crippen LogP contribution in [0.4, 0.5) is 0 Å². The van der Waals surface area contributed by atoms with E-state index in [9.17, 15) is 8.42 Å². The number of fused-ring (bicyclic) bond motifs is 3. The molecule has 2 fully saturated rings. The number of aromatic nitrogens is 4. The van der Waals surface area contributed by atoms with Gasteiger partial charge in [-0.2, -0.15) is 5.26 Å². The Labute approximate surface area is 198 Å². The van der Waals surface area contributed by atoms with Gasteiger partial charge in [-0.05, 0) is 43.9 Å². The number of piperidine rings is 1. The van der Waals surface area contributed by atoms with Gasteiger partial charge in [-0.15, -0.1) is 0 Å². The standard InChI is InChI=1S/C25H26N6O2S/c26-12-4-13-29-14-9-19(10-15-29)31-23-21-11-16-30(34(32,33)20-5-2-1-3-6-20)25(21)27-17-22(23)28-24(31)18-7-8-18/h1-3,5-6,11,16-19H,4,7-10,13-15H2. The number of nitriles is 1. The molecule has 8 nitrogen and oxygen atoms in total. The lowest BCUT2D eigenvalue weighted by Crippen LogP contribution is -2.35. The lowest BCUT2D eigenvalue weighted by Gasteiger charge is -2.33. The Balaban J connectivity index is 1.46. The minimum atomic E-state index is -3.75. The molecule has 0 bridgehead atoms. The summed E-state index contributed by atoms with van der Waals surface area (Å²) in [5.74, 6) is 1.58. The lowest BCUT2D eigenvalue weighted by atomic mass is 10.0. The van der Waals surface area contributed by atoms with Gasteiger partial charge in [-0.1, -0.05) is 18.2 Å². The highest BCUT2D eigenvalue weighted by Gasteiger charge is 2.34. The molecule has 1 aromatic carbocycles. The van der Waals surface area contributed by atoms with Crippen molar-refractivity contribution in [1.82, 2.24) is 23.4 Å². The van der Waals surface area contributed by atoms with Crippen LogP contribution in [-0.2, 0) is 10.0 Å². The van der Waals surface area contributed by atoms with Gasteiger partial charge < -0.3 is 9.47 Å². The van der Waals surface area contributed by atoms with Crippen LogP contribution in [0.15, 0.2) is 53.7 Å². The van der Waals surface area contributed by atoms with Crippen LogP contribution in [0.1, 0.15) is 49.9 Å². The second-order valence-electron chi connectivity index (χ2n) is 9.25. The Hall–Kier alpha value is -3.22. The van der Waals surface area contributed by atoms with Gasteiger partial charge in [-0.25, -0.2) is 22.4 Å². The summed E-state index contributed by atoms with van der Waals surface area (Å²) in [5.41, 5.74) is 2.26. The fourth-order valence-corrected chi connectivity index (χ4v) is 6.50. The van der Waals surface area contributed by atoms with E-state index in [-0.39, 0.29) is 4.90 Å². The number of rotatable bonds is 6. The van der Waals surface area contributed by atoms with Crippen molar-refractivity contribution in [3.05, 3.63) is 54.6 Å². The van der Waals surface area contributed by atoms with Gasteiger partial charge in [0.2, 0.25) is 0 Å². The van der Waals surface area contributed by atoms with Crippen molar-refractivity contribution in [2.75, 3.05) is 19.6 Å². The van der Waals surface area contributed by atoms with Crippen LogP contribution < -0.4 is 0 Å². The second-order valence-corrected chi connectivity index (χ2v) is 11.1. The molecule has 4 aromatic rings. The van der Waals surface area contributed by atoms with Crippen LogP contribution in [0.3, 0.4) is 0 Å². The van der Waals surface area contributed by atoms with Gasteiger partial charge in [0.25, 0.3) is 10.0 Å². The first-order chi connectivity index (χ1) is 16.6. The SMILES string of the molecule is N#CCCN1CCC(n2c(C3CC3)nc3cnc4c(ccn4S(=O)(=O)c4ccccc4)c32)CC1. The van der Waals surface area contributed by atoms with E-state index in [4.69, 9.17) is 10.2 Å². The Morgan fingerprint density at radius 1 is 1.06 bits per heavy atom. The highest BCUT2D eigenvalue weighted by atomic mass is 32.2. The van der Waals surface area contributed by atoms with E-state index in [1.807, 2.05) is 6.07 Å². The summed E-state index contributed by atoms with van der Waals surface area (Å²) in [6.07, 6.45) is 8.15. The van der Waals surface area contributed by atoms with Crippen LogP contribution in [-0.4, -0.2) is 51.5 Å². The van der Waals surface area contributed by atoms with Gasteiger partial charge in [0.1, 0.15) is 11.3 Å². The van der Waals surface area contributed by atoms with Crippen molar-refractivity contribution in [3.8, 4) is 6.07 Å². The average molecular weight is 475 g/mol. The van der Waals surface area contributed by atoms with Crippen LogP contribution in [0.25, 0.3) is 22.1 Å². The van der Waals surface area contributed by atoms with Crippen LogP contribution in [0.5, 0.6) is 0 Å². The first-order valence-electron chi connectivity index (χ1n) is 11.9. The quantitative estimate of drug-likeness (QED) is 0.418. The van der Waals surface area contributed by atoms with Crippen molar-refractivity contribution in [3.63, 3.8) is 0 Å². The molecule has 0 atom stereocenters. The molecule has 4 heterocycles. The van der Waals surface area contributed by atoms with Gasteiger partial charge in [0, 0.05) is 49.6 Å². The van der Waals surface area contributed by atoms with Crippen molar-refractivity contribution < 1.29 is 8.42 Å². The van der Waals surface area contributed by atoms with Crippen molar-refractivity contribution >= 4 is 32.1 Å². The van der Waals surface area contributed by atoms with Gasteiger partial charge in [-0.3, -0.25) is 0 Å². The summed E-state index contributed by atoms with van der Waals surface area (Å²) in [4.78, 5) is 12.1. The molecule has 0 radical (unpaired) electrons. The van der Waals surface area contributed by atoms with Crippen LogP contribution in [0, 0.1) is 11.3 Å². The highest BCUT2D eigenvalue weighted by molar-refractivity contribution is 7.90. The monoisotopic (exact) mass is 474 g/mol. The Morgan fingerprint density at radius 3 is 2.53 bits per heavy atom. The molecule has 34 heavy (non-hydrogen) atoms. The minimum absolute atomic E-state index is 0.242. The fraction of sp³-hybridized carbons (Fsp3) is 0.400. The molecular weight excluding hydrogens is 448 g/mol. The second kappa shape index (κ2) is 8.22. The molecule has 3 aromatic heterocycles. The van der Waals surface area contributed by atoms with E-state index >= 15 is 0 Å². The molecular formula is C25H26N6O2S. The van der Waals surface area contributed by atoms with Crippen LogP contribution >= 0.6 is 0 Å². The molecule has 0 spiro atoms. The molecule has 1 saturated heterocycles. The third kappa shape index (κ3) is 3.49. The first-order valence-corrected chi connectivity index (χ1v) is 13.3. The Bertz CT molecular complexity index is 1500. The van der Waals surface area contributed by atoms with Crippen molar-refractivity contribution in [2.45, 2.75) is 49.0 Å². The molecule has 0 unspecified atom stereocenters. The summed E-state index contributed by atoms with van der Waals surface area (Å²) in [7, 11) is -3.75. The molecule has 1 aliphatic heterocycles.